The highest BCUT2D eigenvalue weighted by molar-refractivity contribution is 5.97. The number of hydrogen-bond donors (Lipinski definition) is 1. The van der Waals surface area contributed by atoms with E-state index in [0.717, 1.165) is 0 Å². The van der Waals surface area contributed by atoms with Crippen molar-refractivity contribution in [3.05, 3.63) is 54.0 Å². The molecule has 0 radical (unpaired) electrons. The number of nitrogens with one attached hydrogen (secondary N) is 1. The molecular weight excluding hydrogens is 296 g/mol. The Bertz CT molecular complexity index is 707. The molecule has 1 heterocycles. The first-order valence-electron chi connectivity index (χ1n) is 7.20. The molecule has 0 saturated heterocycles. The van der Waals surface area contributed by atoms with Crippen LogP contribution in [-0.4, -0.2) is 30.7 Å². The van der Waals surface area contributed by atoms with Gasteiger partial charge in [0.25, 0.3) is 5.91 Å². The van der Waals surface area contributed by atoms with Crippen molar-refractivity contribution in [3.8, 4) is 0 Å². The number of furan rings is 1. The number of nitrogens with zero attached hydrogens (tertiary/aromatic N) is 1. The van der Waals surface area contributed by atoms with E-state index in [1.165, 1.54) is 25.0 Å². The largest absolute Gasteiger partial charge is 0.459 e. The van der Waals surface area contributed by atoms with Gasteiger partial charge in [-0.3, -0.25) is 14.4 Å². The molecule has 1 aromatic carbocycles. The zero-order valence-electron chi connectivity index (χ0n) is 13.0. The van der Waals surface area contributed by atoms with Gasteiger partial charge in [0.05, 0.1) is 6.26 Å². The molecule has 2 amide bonds. The van der Waals surface area contributed by atoms with Crippen LogP contribution in [0, 0.1) is 0 Å². The zero-order chi connectivity index (χ0) is 16.8. The first-order valence-corrected chi connectivity index (χ1v) is 7.20. The molecule has 0 unspecified atom stereocenters. The maximum atomic E-state index is 11.8. The standard InChI is InChI=1S/C17H18N2O4/c1-12(20)14-5-3-6-15(11-14)19(13(2)21)9-8-18-17(22)16-7-4-10-23-16/h3-7,10-11H,8-9H2,1-2H3,(H,18,22). The van der Waals surface area contributed by atoms with Crippen LogP contribution in [0.2, 0.25) is 0 Å². The average Bonchev–Trinajstić information content (AvgIpc) is 3.05. The fraction of sp³-hybridized carbons (Fsp3) is 0.235. The van der Waals surface area contributed by atoms with Gasteiger partial charge >= 0.3 is 0 Å². The molecule has 0 aliphatic rings. The molecule has 6 heteroatoms. The number of ketones is 1. The van der Waals surface area contributed by atoms with E-state index < -0.39 is 0 Å². The molecular formula is C17H18N2O4. The van der Waals surface area contributed by atoms with Crippen molar-refractivity contribution in [3.63, 3.8) is 0 Å². The van der Waals surface area contributed by atoms with E-state index in [2.05, 4.69) is 5.32 Å². The van der Waals surface area contributed by atoms with Crippen molar-refractivity contribution in [2.45, 2.75) is 13.8 Å². The van der Waals surface area contributed by atoms with Crippen LogP contribution in [0.3, 0.4) is 0 Å². The number of carbonyl (C=O) groups excluding carboxylic acids is 3. The van der Waals surface area contributed by atoms with Crippen LogP contribution in [-0.2, 0) is 4.79 Å². The second-order valence-electron chi connectivity index (χ2n) is 5.01. The van der Waals surface area contributed by atoms with Crippen molar-refractivity contribution in [1.29, 1.82) is 0 Å². The second-order valence-corrected chi connectivity index (χ2v) is 5.01. The molecule has 0 bridgehead atoms. The Morgan fingerprint density at radius 2 is 1.91 bits per heavy atom. The van der Waals surface area contributed by atoms with Gasteiger partial charge in [-0.15, -0.1) is 0 Å². The van der Waals surface area contributed by atoms with Gasteiger partial charge in [0, 0.05) is 31.3 Å². The lowest BCUT2D eigenvalue weighted by molar-refractivity contribution is -0.116. The van der Waals surface area contributed by atoms with Gasteiger partial charge in [-0.1, -0.05) is 12.1 Å². The molecule has 0 saturated carbocycles. The van der Waals surface area contributed by atoms with Crippen molar-refractivity contribution >= 4 is 23.3 Å². The van der Waals surface area contributed by atoms with E-state index in [-0.39, 0.29) is 29.9 Å². The number of Topliss-reactive ketones (excluding diaryl/α,β-unsaturated/α-hetero) is 1. The summed E-state index contributed by atoms with van der Waals surface area (Å²) in [6, 6.07) is 10.0. The second kappa shape index (κ2) is 7.40. The monoisotopic (exact) mass is 314 g/mol. The minimum Gasteiger partial charge on any atom is -0.459 e. The van der Waals surface area contributed by atoms with Crippen LogP contribution in [0.25, 0.3) is 0 Å². The fourth-order valence-corrected chi connectivity index (χ4v) is 2.14. The molecule has 2 aromatic rings. The van der Waals surface area contributed by atoms with E-state index in [0.29, 0.717) is 17.8 Å². The number of benzene rings is 1. The first-order chi connectivity index (χ1) is 11.0. The maximum Gasteiger partial charge on any atom is 0.287 e. The predicted molar refractivity (Wildman–Crippen MR) is 85.5 cm³/mol. The molecule has 0 aliphatic heterocycles. The third-order valence-corrected chi connectivity index (χ3v) is 3.31. The van der Waals surface area contributed by atoms with Gasteiger partial charge in [-0.25, -0.2) is 0 Å². The Kier molecular flexibility index (Phi) is 5.30. The number of carbonyl (C=O) groups is 3. The first kappa shape index (κ1) is 16.5. The van der Waals surface area contributed by atoms with Crippen LogP contribution in [0.5, 0.6) is 0 Å². The molecule has 1 N–H and O–H groups in total. The van der Waals surface area contributed by atoms with Crippen LogP contribution in [0.1, 0.15) is 34.8 Å². The molecule has 0 atom stereocenters. The number of anilines is 1. The van der Waals surface area contributed by atoms with Gasteiger partial charge in [0.2, 0.25) is 5.91 Å². The number of amides is 2. The minimum atomic E-state index is -0.337. The summed E-state index contributed by atoms with van der Waals surface area (Å²) >= 11 is 0. The summed E-state index contributed by atoms with van der Waals surface area (Å²) in [6.07, 6.45) is 1.42. The summed E-state index contributed by atoms with van der Waals surface area (Å²) in [5, 5.41) is 2.68. The summed E-state index contributed by atoms with van der Waals surface area (Å²) in [4.78, 5) is 36.6. The van der Waals surface area contributed by atoms with Crippen LogP contribution in [0.4, 0.5) is 5.69 Å². The summed E-state index contributed by atoms with van der Waals surface area (Å²) in [6.45, 7) is 3.47. The normalized spacial score (nSPS) is 10.2. The molecule has 0 spiro atoms. The minimum absolute atomic E-state index is 0.0681. The van der Waals surface area contributed by atoms with Crippen LogP contribution >= 0.6 is 0 Å². The van der Waals surface area contributed by atoms with E-state index in [1.54, 1.807) is 36.4 Å². The highest BCUT2D eigenvalue weighted by atomic mass is 16.3. The highest BCUT2D eigenvalue weighted by Crippen LogP contribution is 2.16. The van der Waals surface area contributed by atoms with E-state index in [4.69, 9.17) is 4.42 Å². The van der Waals surface area contributed by atoms with Gasteiger partial charge in [0.1, 0.15) is 0 Å². The lowest BCUT2D eigenvalue weighted by atomic mass is 10.1. The Hall–Kier alpha value is -2.89. The van der Waals surface area contributed by atoms with Crippen molar-refractivity contribution < 1.29 is 18.8 Å². The van der Waals surface area contributed by atoms with E-state index >= 15 is 0 Å². The SMILES string of the molecule is CC(=O)c1cccc(N(CCNC(=O)c2ccco2)C(C)=O)c1. The van der Waals surface area contributed by atoms with Gasteiger partial charge < -0.3 is 14.6 Å². The zero-order valence-corrected chi connectivity index (χ0v) is 13.0. The molecule has 0 aliphatic carbocycles. The molecule has 1 aromatic heterocycles. The summed E-state index contributed by atoms with van der Waals surface area (Å²) in [7, 11) is 0. The third-order valence-electron chi connectivity index (χ3n) is 3.31. The van der Waals surface area contributed by atoms with E-state index in [1.807, 2.05) is 0 Å². The maximum absolute atomic E-state index is 11.8. The van der Waals surface area contributed by atoms with Crippen molar-refractivity contribution in [1.82, 2.24) is 5.32 Å². The van der Waals surface area contributed by atoms with Crippen LogP contribution in [0.15, 0.2) is 47.1 Å². The van der Waals surface area contributed by atoms with Crippen molar-refractivity contribution in [2.24, 2.45) is 0 Å². The topological polar surface area (TPSA) is 79.6 Å². The number of rotatable bonds is 6. The van der Waals surface area contributed by atoms with Crippen LogP contribution < -0.4 is 10.2 Å². The molecule has 0 fully saturated rings. The summed E-state index contributed by atoms with van der Waals surface area (Å²) in [5.41, 5.74) is 1.16. The highest BCUT2D eigenvalue weighted by Gasteiger charge is 2.14. The van der Waals surface area contributed by atoms with E-state index in [9.17, 15) is 14.4 Å². The molecule has 23 heavy (non-hydrogen) atoms. The Balaban J connectivity index is 2.02. The lowest BCUT2D eigenvalue weighted by Gasteiger charge is -2.21. The molecule has 2 rings (SSSR count). The average molecular weight is 314 g/mol. The fourth-order valence-electron chi connectivity index (χ4n) is 2.14. The lowest BCUT2D eigenvalue weighted by Crippen LogP contribution is -2.37. The molecule has 120 valence electrons. The van der Waals surface area contributed by atoms with Gasteiger partial charge in [-0.05, 0) is 31.2 Å². The summed E-state index contributed by atoms with van der Waals surface area (Å²) < 4.78 is 5.00. The van der Waals surface area contributed by atoms with Gasteiger partial charge in [0.15, 0.2) is 11.5 Å². The smallest absolute Gasteiger partial charge is 0.287 e. The Labute approximate surface area is 134 Å². The quantitative estimate of drug-likeness (QED) is 0.829. The molecule has 6 nitrogen and oxygen atoms in total. The Morgan fingerprint density at radius 1 is 1.13 bits per heavy atom. The van der Waals surface area contributed by atoms with Crippen molar-refractivity contribution in [2.75, 3.05) is 18.0 Å². The predicted octanol–water partition coefficient (Wildman–Crippen LogP) is 2.27. The Morgan fingerprint density at radius 3 is 2.52 bits per heavy atom. The number of hydrogen-bond acceptors (Lipinski definition) is 4. The van der Waals surface area contributed by atoms with Gasteiger partial charge in [-0.2, -0.15) is 0 Å². The summed E-state index contributed by atoms with van der Waals surface area (Å²) in [5.74, 6) is -0.353. The third kappa shape index (κ3) is 4.29.